The van der Waals surface area contributed by atoms with Crippen molar-refractivity contribution in [3.63, 3.8) is 0 Å². The van der Waals surface area contributed by atoms with E-state index in [-0.39, 0.29) is 17.7 Å². The third-order valence-electron chi connectivity index (χ3n) is 3.42. The molecule has 1 atom stereocenters. The summed E-state index contributed by atoms with van der Waals surface area (Å²) < 4.78 is 0. The highest BCUT2D eigenvalue weighted by atomic mass is 16.2. The van der Waals surface area contributed by atoms with Gasteiger partial charge in [0.1, 0.15) is 0 Å². The van der Waals surface area contributed by atoms with Crippen molar-refractivity contribution in [2.75, 3.05) is 25.0 Å². The Morgan fingerprint density at radius 1 is 1.30 bits per heavy atom. The van der Waals surface area contributed by atoms with Gasteiger partial charge in [-0.3, -0.25) is 9.59 Å². The lowest BCUT2D eigenvalue weighted by Gasteiger charge is -2.25. The van der Waals surface area contributed by atoms with Crippen LogP contribution in [-0.4, -0.2) is 31.4 Å². The molecule has 108 valence electrons. The first-order valence-corrected chi connectivity index (χ1v) is 7.07. The molecule has 1 aromatic carbocycles. The van der Waals surface area contributed by atoms with Crippen LogP contribution in [0, 0.1) is 5.92 Å². The molecule has 1 heterocycles. The summed E-state index contributed by atoms with van der Waals surface area (Å²) in [5, 5.41) is 8.81. The molecule has 1 aliphatic rings. The highest BCUT2D eigenvalue weighted by Crippen LogP contribution is 2.24. The second-order valence-electron chi connectivity index (χ2n) is 4.93. The minimum Gasteiger partial charge on any atom is -0.384 e. The van der Waals surface area contributed by atoms with Crippen molar-refractivity contribution in [3.05, 3.63) is 29.8 Å². The highest BCUT2D eigenvalue weighted by Gasteiger charge is 2.23. The van der Waals surface area contributed by atoms with Gasteiger partial charge in [-0.15, -0.1) is 0 Å². The molecule has 20 heavy (non-hydrogen) atoms. The SMILES string of the molecule is CCNC(=O)CCNC(=O)C1CNc2ccccc2C1. The molecule has 1 unspecified atom stereocenters. The number of hydrogen-bond donors (Lipinski definition) is 3. The first kappa shape index (κ1) is 14.4. The predicted molar refractivity (Wildman–Crippen MR) is 78.4 cm³/mol. The number of para-hydroxylation sites is 1. The van der Waals surface area contributed by atoms with Crippen LogP contribution < -0.4 is 16.0 Å². The molecule has 1 aliphatic heterocycles. The van der Waals surface area contributed by atoms with E-state index in [2.05, 4.69) is 16.0 Å². The smallest absolute Gasteiger partial charge is 0.225 e. The van der Waals surface area contributed by atoms with Gasteiger partial charge in [-0.05, 0) is 25.0 Å². The van der Waals surface area contributed by atoms with Gasteiger partial charge < -0.3 is 16.0 Å². The van der Waals surface area contributed by atoms with Crippen LogP contribution in [0.3, 0.4) is 0 Å². The summed E-state index contributed by atoms with van der Waals surface area (Å²) in [5.74, 6) is -0.0876. The quantitative estimate of drug-likeness (QED) is 0.748. The molecule has 2 amide bonds. The van der Waals surface area contributed by atoms with Crippen LogP contribution in [0.15, 0.2) is 24.3 Å². The summed E-state index contributed by atoms with van der Waals surface area (Å²) in [6.07, 6.45) is 1.08. The molecule has 0 aromatic heterocycles. The number of anilines is 1. The van der Waals surface area contributed by atoms with Crippen LogP contribution in [0.5, 0.6) is 0 Å². The van der Waals surface area contributed by atoms with Crippen molar-refractivity contribution >= 4 is 17.5 Å². The third-order valence-corrected chi connectivity index (χ3v) is 3.42. The van der Waals surface area contributed by atoms with Crippen molar-refractivity contribution in [2.24, 2.45) is 5.92 Å². The normalized spacial score (nSPS) is 16.8. The number of carbonyl (C=O) groups is 2. The third kappa shape index (κ3) is 3.73. The number of nitrogens with one attached hydrogen (secondary N) is 3. The molecular formula is C15H21N3O2. The molecule has 0 saturated carbocycles. The molecule has 5 heteroatoms. The lowest BCUT2D eigenvalue weighted by atomic mass is 9.93. The Morgan fingerprint density at radius 3 is 2.90 bits per heavy atom. The summed E-state index contributed by atoms with van der Waals surface area (Å²) in [6.45, 7) is 3.53. The fraction of sp³-hybridized carbons (Fsp3) is 0.467. The first-order chi connectivity index (χ1) is 9.70. The van der Waals surface area contributed by atoms with Gasteiger partial charge in [0, 0.05) is 31.7 Å². The van der Waals surface area contributed by atoms with Crippen molar-refractivity contribution in [2.45, 2.75) is 19.8 Å². The van der Waals surface area contributed by atoms with Crippen molar-refractivity contribution < 1.29 is 9.59 Å². The van der Waals surface area contributed by atoms with E-state index in [1.165, 1.54) is 5.56 Å². The number of carbonyl (C=O) groups excluding carboxylic acids is 2. The van der Waals surface area contributed by atoms with Crippen LogP contribution >= 0.6 is 0 Å². The topological polar surface area (TPSA) is 70.2 Å². The van der Waals surface area contributed by atoms with Crippen molar-refractivity contribution in [3.8, 4) is 0 Å². The Balaban J connectivity index is 1.78. The number of rotatable bonds is 5. The Hall–Kier alpha value is -2.04. The zero-order valence-electron chi connectivity index (χ0n) is 11.7. The second-order valence-corrected chi connectivity index (χ2v) is 4.93. The van der Waals surface area contributed by atoms with Crippen molar-refractivity contribution in [1.82, 2.24) is 10.6 Å². The van der Waals surface area contributed by atoms with Crippen molar-refractivity contribution in [1.29, 1.82) is 0 Å². The van der Waals surface area contributed by atoms with E-state index < -0.39 is 0 Å². The van der Waals surface area contributed by atoms with Gasteiger partial charge in [0.25, 0.3) is 0 Å². The number of benzene rings is 1. The van der Waals surface area contributed by atoms with Gasteiger partial charge in [0.15, 0.2) is 0 Å². The van der Waals surface area contributed by atoms with E-state index in [4.69, 9.17) is 0 Å². The standard InChI is InChI=1S/C15H21N3O2/c1-2-16-14(19)7-8-17-15(20)12-9-11-5-3-4-6-13(11)18-10-12/h3-6,12,18H,2,7-10H2,1H3,(H,16,19)(H,17,20). The molecule has 0 bridgehead atoms. The molecule has 0 spiro atoms. The zero-order valence-corrected chi connectivity index (χ0v) is 11.7. The van der Waals surface area contributed by atoms with E-state index in [9.17, 15) is 9.59 Å². The van der Waals surface area contributed by atoms with E-state index >= 15 is 0 Å². The summed E-state index contributed by atoms with van der Waals surface area (Å²) in [7, 11) is 0. The monoisotopic (exact) mass is 275 g/mol. The summed E-state index contributed by atoms with van der Waals surface area (Å²) in [5.41, 5.74) is 2.28. The van der Waals surface area contributed by atoms with E-state index in [1.54, 1.807) is 0 Å². The largest absolute Gasteiger partial charge is 0.384 e. The first-order valence-electron chi connectivity index (χ1n) is 7.07. The molecule has 0 radical (unpaired) electrons. The Labute approximate surface area is 119 Å². The fourth-order valence-corrected chi connectivity index (χ4v) is 2.36. The van der Waals surface area contributed by atoms with E-state index in [0.717, 1.165) is 12.1 Å². The minimum atomic E-state index is -0.0702. The van der Waals surface area contributed by atoms with Gasteiger partial charge in [0.2, 0.25) is 11.8 Å². The lowest BCUT2D eigenvalue weighted by molar-refractivity contribution is -0.125. The molecular weight excluding hydrogens is 254 g/mol. The molecule has 0 fully saturated rings. The van der Waals surface area contributed by atoms with Gasteiger partial charge in [-0.1, -0.05) is 18.2 Å². The van der Waals surface area contributed by atoms with E-state index in [0.29, 0.717) is 26.1 Å². The highest BCUT2D eigenvalue weighted by molar-refractivity contribution is 5.82. The average molecular weight is 275 g/mol. The van der Waals surface area contributed by atoms with Gasteiger partial charge in [0.05, 0.1) is 5.92 Å². The number of amides is 2. The molecule has 3 N–H and O–H groups in total. The maximum absolute atomic E-state index is 12.1. The van der Waals surface area contributed by atoms with Gasteiger partial charge in [-0.25, -0.2) is 0 Å². The van der Waals surface area contributed by atoms with Gasteiger partial charge in [-0.2, -0.15) is 0 Å². The van der Waals surface area contributed by atoms with Crippen LogP contribution in [0.4, 0.5) is 5.69 Å². The number of hydrogen-bond acceptors (Lipinski definition) is 3. The Kier molecular flexibility index (Phi) is 4.98. The molecule has 0 saturated heterocycles. The lowest BCUT2D eigenvalue weighted by Crippen LogP contribution is -2.39. The van der Waals surface area contributed by atoms with Gasteiger partial charge >= 0.3 is 0 Å². The average Bonchev–Trinajstić information content (AvgIpc) is 2.47. The molecule has 1 aromatic rings. The summed E-state index contributed by atoms with van der Waals surface area (Å²) >= 11 is 0. The Morgan fingerprint density at radius 2 is 2.10 bits per heavy atom. The predicted octanol–water partition coefficient (Wildman–Crippen LogP) is 0.913. The maximum atomic E-state index is 12.1. The second kappa shape index (κ2) is 6.93. The summed E-state index contributed by atoms with van der Waals surface area (Å²) in [6, 6.07) is 8.03. The maximum Gasteiger partial charge on any atom is 0.225 e. The Bertz CT molecular complexity index is 488. The zero-order chi connectivity index (χ0) is 14.4. The van der Waals surface area contributed by atoms with E-state index in [1.807, 2.05) is 31.2 Å². The molecule has 0 aliphatic carbocycles. The molecule has 5 nitrogen and oxygen atoms in total. The van der Waals surface area contributed by atoms with Crippen LogP contribution in [0.1, 0.15) is 18.9 Å². The number of fused-ring (bicyclic) bond motifs is 1. The van der Waals surface area contributed by atoms with Crippen LogP contribution in [0.2, 0.25) is 0 Å². The molecule has 2 rings (SSSR count). The summed E-state index contributed by atoms with van der Waals surface area (Å²) in [4.78, 5) is 23.4. The van der Waals surface area contributed by atoms with Crippen LogP contribution in [0.25, 0.3) is 0 Å². The fourth-order valence-electron chi connectivity index (χ4n) is 2.36. The minimum absolute atomic E-state index is 0.0105. The van der Waals surface area contributed by atoms with Crippen LogP contribution in [-0.2, 0) is 16.0 Å².